The molecule has 1 atom stereocenters. The van der Waals surface area contributed by atoms with Crippen LogP contribution in [0.1, 0.15) is 20.3 Å². The van der Waals surface area contributed by atoms with Gasteiger partial charge in [0.2, 0.25) is 0 Å². The number of carbonyl (C=O) groups excluding carboxylic acids is 2. The van der Waals surface area contributed by atoms with E-state index in [0.717, 1.165) is 6.26 Å². The molecule has 0 bridgehead atoms. The second-order valence-electron chi connectivity index (χ2n) is 3.26. The zero-order chi connectivity index (χ0) is 10.7. The van der Waals surface area contributed by atoms with E-state index >= 15 is 0 Å². The molecule has 0 unspecified atom stereocenters. The molecule has 4 nitrogen and oxygen atoms in total. The zero-order valence-electron chi connectivity index (χ0n) is 8.11. The molecule has 0 amide bonds. The van der Waals surface area contributed by atoms with Gasteiger partial charge < -0.3 is 9.84 Å². The summed E-state index contributed by atoms with van der Waals surface area (Å²) in [4.78, 5) is 22.0. The molecule has 76 valence electrons. The average Bonchev–Trinajstić information content (AvgIpc) is 2.01. The van der Waals surface area contributed by atoms with Gasteiger partial charge >= 0.3 is 5.97 Å². The van der Waals surface area contributed by atoms with E-state index in [4.69, 9.17) is 9.84 Å². The minimum Gasteiger partial charge on any atom is -0.515 e. The van der Waals surface area contributed by atoms with Gasteiger partial charge in [0.25, 0.3) is 0 Å². The molecular formula is C10H12O4. The fourth-order valence-corrected chi connectivity index (χ4v) is 1.39. The molecule has 1 N–H and O–H groups in total. The van der Waals surface area contributed by atoms with Crippen molar-refractivity contribution in [2.45, 2.75) is 20.3 Å². The second-order valence-corrected chi connectivity index (χ2v) is 3.26. The lowest BCUT2D eigenvalue weighted by atomic mass is 9.89. The summed E-state index contributed by atoms with van der Waals surface area (Å²) in [5.41, 5.74) is 0.348. The van der Waals surface area contributed by atoms with Crippen molar-refractivity contribution < 1.29 is 19.4 Å². The highest BCUT2D eigenvalue weighted by molar-refractivity contribution is 6.05. The molecular weight excluding hydrogens is 184 g/mol. The Morgan fingerprint density at radius 2 is 2.36 bits per heavy atom. The zero-order valence-corrected chi connectivity index (χ0v) is 8.11. The minimum absolute atomic E-state index is 0.119. The highest BCUT2D eigenvalue weighted by Gasteiger charge is 2.24. The van der Waals surface area contributed by atoms with Gasteiger partial charge in [0, 0.05) is 25.0 Å². The first kappa shape index (κ1) is 10.5. The van der Waals surface area contributed by atoms with Gasteiger partial charge in [0.05, 0.1) is 6.26 Å². The van der Waals surface area contributed by atoms with Gasteiger partial charge in [-0.15, -0.1) is 0 Å². The number of aliphatic hydroxyl groups is 1. The molecule has 4 heteroatoms. The molecule has 0 radical (unpaired) electrons. The number of rotatable bonds is 1. The van der Waals surface area contributed by atoms with Gasteiger partial charge in [0.15, 0.2) is 5.78 Å². The van der Waals surface area contributed by atoms with Crippen LogP contribution in [-0.2, 0) is 14.3 Å². The number of hydrogen-bond donors (Lipinski definition) is 1. The lowest BCUT2D eigenvalue weighted by Crippen LogP contribution is -2.18. The van der Waals surface area contributed by atoms with E-state index in [0.29, 0.717) is 17.8 Å². The molecule has 0 aromatic heterocycles. The molecule has 0 aromatic carbocycles. The van der Waals surface area contributed by atoms with Gasteiger partial charge in [-0.25, -0.2) is 0 Å². The summed E-state index contributed by atoms with van der Waals surface area (Å²) >= 11 is 0. The Hall–Kier alpha value is -1.58. The van der Waals surface area contributed by atoms with Gasteiger partial charge in [-0.2, -0.15) is 0 Å². The highest BCUT2D eigenvalue weighted by atomic mass is 16.5. The summed E-state index contributed by atoms with van der Waals surface area (Å²) in [5.74, 6) is -0.498. The van der Waals surface area contributed by atoms with Gasteiger partial charge in [-0.1, -0.05) is 6.92 Å². The largest absolute Gasteiger partial charge is 0.515 e. The first-order valence-corrected chi connectivity index (χ1v) is 4.32. The number of esters is 1. The molecule has 14 heavy (non-hydrogen) atoms. The maximum atomic E-state index is 11.3. The Morgan fingerprint density at radius 1 is 1.71 bits per heavy atom. The molecule has 1 aliphatic rings. The van der Waals surface area contributed by atoms with Crippen molar-refractivity contribution >= 4 is 11.8 Å². The monoisotopic (exact) mass is 196 g/mol. The summed E-state index contributed by atoms with van der Waals surface area (Å²) in [7, 11) is 0. The molecule has 0 fully saturated rings. The maximum absolute atomic E-state index is 11.3. The van der Waals surface area contributed by atoms with Gasteiger partial charge in [-0.3, -0.25) is 9.59 Å². The summed E-state index contributed by atoms with van der Waals surface area (Å²) in [6.07, 6.45) is 2.51. The normalized spacial score (nSPS) is 24.7. The van der Waals surface area contributed by atoms with E-state index in [1.165, 1.54) is 13.0 Å². The quantitative estimate of drug-likeness (QED) is 0.392. The number of allylic oxidation sites excluding steroid dienone is 3. The topological polar surface area (TPSA) is 63.6 Å². The first-order chi connectivity index (χ1) is 6.54. The van der Waals surface area contributed by atoms with Crippen LogP contribution in [0.3, 0.4) is 0 Å². The lowest BCUT2D eigenvalue weighted by Gasteiger charge is -2.19. The summed E-state index contributed by atoms with van der Waals surface area (Å²) in [5, 5.41) is 8.78. The van der Waals surface area contributed by atoms with Crippen LogP contribution in [0.5, 0.6) is 0 Å². The molecule has 1 aliphatic carbocycles. The van der Waals surface area contributed by atoms with Crippen LogP contribution in [0.15, 0.2) is 23.7 Å². The van der Waals surface area contributed by atoms with Crippen LogP contribution in [0.25, 0.3) is 0 Å². The third-order valence-electron chi connectivity index (χ3n) is 2.03. The van der Waals surface area contributed by atoms with E-state index in [1.807, 2.05) is 0 Å². The second kappa shape index (κ2) is 4.09. The van der Waals surface area contributed by atoms with E-state index in [2.05, 4.69) is 0 Å². The van der Waals surface area contributed by atoms with E-state index < -0.39 is 5.97 Å². The van der Waals surface area contributed by atoms with E-state index in [9.17, 15) is 9.59 Å². The number of ether oxygens (including phenoxy) is 1. The summed E-state index contributed by atoms with van der Waals surface area (Å²) < 4.78 is 4.82. The minimum atomic E-state index is -0.437. The Balaban J connectivity index is 2.85. The van der Waals surface area contributed by atoms with Crippen LogP contribution in [0, 0.1) is 5.92 Å². The van der Waals surface area contributed by atoms with Crippen molar-refractivity contribution in [3.05, 3.63) is 23.7 Å². The van der Waals surface area contributed by atoms with Crippen molar-refractivity contribution in [2.24, 2.45) is 5.92 Å². The van der Waals surface area contributed by atoms with Crippen molar-refractivity contribution in [3.63, 3.8) is 0 Å². The van der Waals surface area contributed by atoms with Crippen LogP contribution in [0.4, 0.5) is 0 Å². The van der Waals surface area contributed by atoms with E-state index in [-0.39, 0.29) is 11.7 Å². The predicted octanol–water partition coefficient (Wildman–Crippen LogP) is 1.48. The molecule has 0 aliphatic heterocycles. The molecule has 1 rings (SSSR count). The Kier molecular flexibility index (Phi) is 3.06. The smallest absolute Gasteiger partial charge is 0.307 e. The maximum Gasteiger partial charge on any atom is 0.307 e. The van der Waals surface area contributed by atoms with E-state index in [1.54, 1.807) is 6.92 Å². The fourth-order valence-electron chi connectivity index (χ4n) is 1.39. The highest BCUT2D eigenvalue weighted by Crippen LogP contribution is 2.26. The van der Waals surface area contributed by atoms with Crippen LogP contribution >= 0.6 is 0 Å². The van der Waals surface area contributed by atoms with Gasteiger partial charge in [-0.05, 0) is 5.92 Å². The summed E-state index contributed by atoms with van der Waals surface area (Å²) in [6.45, 7) is 3.07. The van der Waals surface area contributed by atoms with Crippen molar-refractivity contribution in [1.82, 2.24) is 0 Å². The average molecular weight is 196 g/mol. The third-order valence-corrected chi connectivity index (χ3v) is 2.03. The molecule has 0 aromatic rings. The molecule has 0 heterocycles. The fraction of sp³-hybridized carbons (Fsp3) is 0.400. The number of aliphatic hydroxyl groups excluding tert-OH is 1. The van der Waals surface area contributed by atoms with Crippen LogP contribution in [0.2, 0.25) is 0 Å². The first-order valence-electron chi connectivity index (χ1n) is 4.32. The number of hydrogen-bond acceptors (Lipinski definition) is 4. The van der Waals surface area contributed by atoms with Crippen LogP contribution in [-0.4, -0.2) is 16.9 Å². The SMILES string of the molecule is CC(=O)OC1=CC(=O)C(=CO)[C@H](C)C1. The lowest BCUT2D eigenvalue weighted by molar-refractivity contribution is -0.137. The predicted molar refractivity (Wildman–Crippen MR) is 49.3 cm³/mol. The number of ketones is 1. The molecule has 0 spiro atoms. The van der Waals surface area contributed by atoms with Crippen molar-refractivity contribution in [3.8, 4) is 0 Å². The Bertz CT molecular complexity index is 325. The Morgan fingerprint density at radius 3 is 2.79 bits per heavy atom. The van der Waals surface area contributed by atoms with Gasteiger partial charge in [0.1, 0.15) is 5.76 Å². The number of carbonyl (C=O) groups is 2. The molecule has 0 saturated heterocycles. The molecule has 0 saturated carbocycles. The standard InChI is InChI=1S/C10H12O4/c1-6-3-8(14-7(2)12)4-10(13)9(6)5-11/h4-6,11H,3H2,1-2H3/t6-/m1/s1. The van der Waals surface area contributed by atoms with Crippen LogP contribution < -0.4 is 0 Å². The summed E-state index contributed by atoms with van der Waals surface area (Å²) in [6, 6.07) is 0. The van der Waals surface area contributed by atoms with Crippen molar-refractivity contribution in [1.29, 1.82) is 0 Å². The third kappa shape index (κ3) is 2.22. The van der Waals surface area contributed by atoms with Crippen molar-refractivity contribution in [2.75, 3.05) is 0 Å². The Labute approximate surface area is 81.9 Å².